The third kappa shape index (κ3) is 1.86. The molecule has 2 aromatic heterocycles. The van der Waals surface area contributed by atoms with Gasteiger partial charge in [0.05, 0.1) is 24.8 Å². The van der Waals surface area contributed by atoms with Crippen LogP contribution in [0.2, 0.25) is 0 Å². The van der Waals surface area contributed by atoms with E-state index in [-0.39, 0.29) is 12.2 Å². The van der Waals surface area contributed by atoms with E-state index in [9.17, 15) is 15.3 Å². The van der Waals surface area contributed by atoms with Crippen molar-refractivity contribution in [2.45, 2.75) is 30.3 Å². The predicted octanol–water partition coefficient (Wildman–Crippen LogP) is -1.47. The Bertz CT molecular complexity index is 742. The van der Waals surface area contributed by atoms with Gasteiger partial charge in [-0.25, -0.2) is 9.50 Å². The molecule has 3 heterocycles. The molecule has 1 aliphatic heterocycles. The fraction of sp³-hybridized carbons (Fsp3) is 0.462. The second kappa shape index (κ2) is 5.19. The molecule has 3 rings (SSSR count). The lowest BCUT2D eigenvalue weighted by molar-refractivity contribution is -0.0984. The van der Waals surface area contributed by atoms with Gasteiger partial charge in [-0.1, -0.05) is 0 Å². The van der Waals surface area contributed by atoms with Gasteiger partial charge in [0.1, 0.15) is 30.2 Å². The molecule has 4 atom stereocenters. The highest BCUT2D eigenvalue weighted by Gasteiger charge is 2.56. The van der Waals surface area contributed by atoms with Gasteiger partial charge in [0.25, 0.3) is 0 Å². The van der Waals surface area contributed by atoms with Gasteiger partial charge in [-0.05, 0) is 12.1 Å². The summed E-state index contributed by atoms with van der Waals surface area (Å²) in [6.07, 6.45) is -2.68. The number of fused-ring (bicyclic) bond motifs is 1. The smallest absolute Gasteiger partial charge is 0.152 e. The number of nitriles is 1. The second-order valence-corrected chi connectivity index (χ2v) is 5.16. The molecule has 1 saturated heterocycles. The van der Waals surface area contributed by atoms with Crippen LogP contribution in [0.4, 0.5) is 5.82 Å². The van der Waals surface area contributed by atoms with Gasteiger partial charge in [-0.15, -0.1) is 0 Å². The lowest BCUT2D eigenvalue weighted by Crippen LogP contribution is -2.41. The summed E-state index contributed by atoms with van der Waals surface area (Å²) in [5, 5.41) is 42.9. The van der Waals surface area contributed by atoms with E-state index in [1.54, 1.807) is 12.1 Å². The molecule has 0 radical (unpaired) electrons. The molecule has 0 aliphatic carbocycles. The molecule has 0 bridgehead atoms. The third-order valence-corrected chi connectivity index (χ3v) is 3.98. The molecule has 0 aromatic carbocycles. The van der Waals surface area contributed by atoms with Crippen molar-refractivity contribution in [1.82, 2.24) is 14.6 Å². The van der Waals surface area contributed by atoms with Crippen molar-refractivity contribution in [3.63, 3.8) is 0 Å². The maximum Gasteiger partial charge on any atom is 0.152 e. The average molecular weight is 305 g/mol. The van der Waals surface area contributed by atoms with Crippen LogP contribution in [0, 0.1) is 11.3 Å². The largest absolute Gasteiger partial charge is 0.394 e. The van der Waals surface area contributed by atoms with E-state index in [2.05, 4.69) is 10.1 Å². The molecule has 1 aliphatic rings. The molecule has 22 heavy (non-hydrogen) atoms. The van der Waals surface area contributed by atoms with Gasteiger partial charge in [-0.2, -0.15) is 10.4 Å². The number of rotatable bonds is 3. The Morgan fingerprint density at radius 1 is 1.45 bits per heavy atom. The van der Waals surface area contributed by atoms with Crippen LogP contribution in [0.3, 0.4) is 0 Å². The van der Waals surface area contributed by atoms with Crippen molar-refractivity contribution in [2.75, 3.05) is 12.3 Å². The number of hydrogen-bond donors (Lipinski definition) is 4. The fourth-order valence-corrected chi connectivity index (χ4v) is 2.87. The summed E-state index contributed by atoms with van der Waals surface area (Å²) in [5.41, 5.74) is 5.12. The molecule has 1 fully saturated rings. The summed E-state index contributed by atoms with van der Waals surface area (Å²) in [7, 11) is 0. The summed E-state index contributed by atoms with van der Waals surface area (Å²) in [4.78, 5) is 3.87. The molecule has 9 heteroatoms. The Kier molecular flexibility index (Phi) is 3.46. The number of nitrogen functional groups attached to an aromatic ring is 1. The first-order valence-corrected chi connectivity index (χ1v) is 6.65. The molecule has 0 spiro atoms. The summed E-state index contributed by atoms with van der Waals surface area (Å²) in [6, 6.07) is 5.19. The zero-order valence-corrected chi connectivity index (χ0v) is 11.5. The number of aromatic nitrogens is 3. The van der Waals surface area contributed by atoms with Crippen molar-refractivity contribution in [3.05, 3.63) is 24.2 Å². The molecule has 116 valence electrons. The molecule has 0 unspecified atom stereocenters. The van der Waals surface area contributed by atoms with E-state index in [4.69, 9.17) is 15.7 Å². The number of nitrogens with zero attached hydrogens (tertiary/aromatic N) is 4. The summed E-state index contributed by atoms with van der Waals surface area (Å²) in [6.45, 7) is -0.480. The van der Waals surface area contributed by atoms with E-state index in [1.165, 1.54) is 10.8 Å². The Hall–Kier alpha value is -2.25. The SMILES string of the molecule is N#CC[C@@]1(c2ccc3c(N)ncnn23)O[C@H](CO)[C@@H](O)[C@H]1O. The number of anilines is 1. The topological polar surface area (TPSA) is 150 Å². The quantitative estimate of drug-likeness (QED) is 0.537. The van der Waals surface area contributed by atoms with Crippen LogP contribution in [0.25, 0.3) is 5.52 Å². The molecular formula is C13H15N5O4. The summed E-state index contributed by atoms with van der Waals surface area (Å²) in [5.74, 6) is 0.236. The summed E-state index contributed by atoms with van der Waals surface area (Å²) < 4.78 is 7.07. The van der Waals surface area contributed by atoms with Crippen LogP contribution in [-0.2, 0) is 10.3 Å². The van der Waals surface area contributed by atoms with Gasteiger partial charge < -0.3 is 25.8 Å². The molecule has 9 nitrogen and oxygen atoms in total. The van der Waals surface area contributed by atoms with Crippen LogP contribution < -0.4 is 5.73 Å². The zero-order valence-electron chi connectivity index (χ0n) is 11.5. The lowest BCUT2D eigenvalue weighted by Gasteiger charge is -2.29. The monoisotopic (exact) mass is 305 g/mol. The normalized spacial score (nSPS) is 31.5. The highest BCUT2D eigenvalue weighted by Crippen LogP contribution is 2.42. The van der Waals surface area contributed by atoms with Crippen LogP contribution in [-0.4, -0.2) is 54.8 Å². The third-order valence-electron chi connectivity index (χ3n) is 3.98. The lowest BCUT2D eigenvalue weighted by atomic mass is 9.88. The van der Waals surface area contributed by atoms with Gasteiger partial charge >= 0.3 is 0 Å². The van der Waals surface area contributed by atoms with Crippen molar-refractivity contribution in [1.29, 1.82) is 5.26 Å². The summed E-state index contributed by atoms with van der Waals surface area (Å²) >= 11 is 0. The number of aliphatic hydroxyl groups is 3. The van der Waals surface area contributed by atoms with E-state index in [1.807, 2.05) is 6.07 Å². The Morgan fingerprint density at radius 3 is 2.86 bits per heavy atom. The molecule has 5 N–H and O–H groups in total. The first-order chi connectivity index (χ1) is 10.5. The maximum atomic E-state index is 10.4. The first-order valence-electron chi connectivity index (χ1n) is 6.65. The average Bonchev–Trinajstić information content (AvgIpc) is 3.04. The van der Waals surface area contributed by atoms with Crippen LogP contribution in [0.5, 0.6) is 0 Å². The minimum absolute atomic E-state index is 0.224. The zero-order chi connectivity index (χ0) is 15.9. The minimum Gasteiger partial charge on any atom is -0.394 e. The molecule has 2 aromatic rings. The Labute approximate surface area is 125 Å². The predicted molar refractivity (Wildman–Crippen MR) is 73.3 cm³/mol. The van der Waals surface area contributed by atoms with E-state index in [0.717, 1.165) is 0 Å². The first kappa shape index (κ1) is 14.7. The Balaban J connectivity index is 2.19. The van der Waals surface area contributed by atoms with Crippen molar-refractivity contribution in [2.24, 2.45) is 0 Å². The second-order valence-electron chi connectivity index (χ2n) is 5.16. The Morgan fingerprint density at radius 2 is 2.23 bits per heavy atom. The van der Waals surface area contributed by atoms with E-state index < -0.39 is 30.5 Å². The number of hydrogen-bond acceptors (Lipinski definition) is 8. The maximum absolute atomic E-state index is 10.4. The van der Waals surface area contributed by atoms with Gasteiger partial charge in [-0.3, -0.25) is 0 Å². The standard InChI is InChI=1S/C13H15N5O4/c14-4-3-13(11(21)10(20)8(5-19)22-13)9-2-1-7-12(15)16-6-17-18(7)9/h1-2,6,8,10-11,19-21H,3,5H2,(H2,15,16,17)/t8-,10-,11-,13+/m1/s1. The van der Waals surface area contributed by atoms with Crippen molar-refractivity contribution in [3.8, 4) is 6.07 Å². The van der Waals surface area contributed by atoms with Gasteiger partial charge in [0.15, 0.2) is 11.4 Å². The highest BCUT2D eigenvalue weighted by atomic mass is 16.6. The van der Waals surface area contributed by atoms with Crippen molar-refractivity contribution < 1.29 is 20.1 Å². The van der Waals surface area contributed by atoms with Gasteiger partial charge in [0.2, 0.25) is 0 Å². The molecule has 0 saturated carbocycles. The fourth-order valence-electron chi connectivity index (χ4n) is 2.87. The number of ether oxygens (including phenoxy) is 1. The molecular weight excluding hydrogens is 290 g/mol. The van der Waals surface area contributed by atoms with Crippen LogP contribution in [0.15, 0.2) is 18.5 Å². The number of aliphatic hydroxyl groups excluding tert-OH is 3. The minimum atomic E-state index is -1.51. The van der Waals surface area contributed by atoms with E-state index in [0.29, 0.717) is 11.2 Å². The van der Waals surface area contributed by atoms with E-state index >= 15 is 0 Å². The van der Waals surface area contributed by atoms with Crippen LogP contribution >= 0.6 is 0 Å². The molecule has 0 amide bonds. The van der Waals surface area contributed by atoms with Gasteiger partial charge in [0, 0.05) is 0 Å². The van der Waals surface area contributed by atoms with Crippen LogP contribution in [0.1, 0.15) is 12.1 Å². The van der Waals surface area contributed by atoms with Crippen molar-refractivity contribution >= 4 is 11.3 Å². The highest BCUT2D eigenvalue weighted by molar-refractivity contribution is 5.65. The number of nitrogens with two attached hydrogens (primary N) is 1.